The van der Waals surface area contributed by atoms with E-state index in [2.05, 4.69) is 21.0 Å². The van der Waals surface area contributed by atoms with Gasteiger partial charge in [-0.1, -0.05) is 0 Å². The Morgan fingerprint density at radius 3 is 2.65 bits per heavy atom. The van der Waals surface area contributed by atoms with Crippen molar-refractivity contribution in [3.8, 4) is 17.5 Å². The number of rotatable bonds is 1. The van der Waals surface area contributed by atoms with Crippen LogP contribution in [0.2, 0.25) is 0 Å². The van der Waals surface area contributed by atoms with Gasteiger partial charge in [-0.05, 0) is 30.3 Å². The molecule has 4 nitrogen and oxygen atoms in total. The molecule has 0 fully saturated rings. The molecule has 0 saturated heterocycles. The molecular formula is C13H8N4. The third-order valence-corrected chi connectivity index (χ3v) is 2.57. The van der Waals surface area contributed by atoms with Gasteiger partial charge in [-0.3, -0.25) is 4.98 Å². The van der Waals surface area contributed by atoms with E-state index < -0.39 is 0 Å². The van der Waals surface area contributed by atoms with E-state index in [0.29, 0.717) is 5.56 Å². The summed E-state index contributed by atoms with van der Waals surface area (Å²) in [5.41, 5.74) is 3.40. The smallest absolute Gasteiger partial charge is 0.138 e. The highest BCUT2D eigenvalue weighted by molar-refractivity contribution is 5.78. The molecule has 0 aliphatic carbocycles. The van der Waals surface area contributed by atoms with Crippen molar-refractivity contribution in [3.05, 3.63) is 48.3 Å². The number of hydrogen-bond donors (Lipinski definition) is 1. The molecule has 0 bridgehead atoms. The van der Waals surface area contributed by atoms with Crippen LogP contribution in [0.1, 0.15) is 5.56 Å². The zero-order valence-electron chi connectivity index (χ0n) is 8.88. The molecule has 4 heteroatoms. The number of benzene rings is 1. The zero-order valence-corrected chi connectivity index (χ0v) is 8.88. The highest BCUT2D eigenvalue weighted by Crippen LogP contribution is 2.19. The van der Waals surface area contributed by atoms with E-state index >= 15 is 0 Å². The second-order valence-electron chi connectivity index (χ2n) is 3.67. The number of aromatic amines is 1. The lowest BCUT2D eigenvalue weighted by Gasteiger charge is -1.95. The summed E-state index contributed by atoms with van der Waals surface area (Å²) in [6, 6.07) is 11.3. The molecule has 1 N–H and O–H groups in total. The Kier molecular flexibility index (Phi) is 2.09. The second kappa shape index (κ2) is 3.72. The molecule has 0 amide bonds. The highest BCUT2D eigenvalue weighted by atomic mass is 14.9. The molecule has 0 radical (unpaired) electrons. The van der Waals surface area contributed by atoms with Crippen molar-refractivity contribution in [2.45, 2.75) is 0 Å². The van der Waals surface area contributed by atoms with E-state index in [1.54, 1.807) is 24.5 Å². The van der Waals surface area contributed by atoms with Crippen LogP contribution in [0.25, 0.3) is 22.4 Å². The van der Waals surface area contributed by atoms with Crippen LogP contribution in [-0.4, -0.2) is 15.0 Å². The first-order valence-electron chi connectivity index (χ1n) is 5.17. The Bertz CT molecular complexity index is 671. The monoisotopic (exact) mass is 220 g/mol. The minimum Gasteiger partial charge on any atom is -0.337 e. The van der Waals surface area contributed by atoms with Gasteiger partial charge in [0.2, 0.25) is 0 Å². The SMILES string of the molecule is N#Cc1ccc(-c2nc3ccncc3[nH]2)cc1. The standard InChI is InChI=1S/C13H8N4/c14-7-9-1-3-10(4-2-9)13-16-11-5-6-15-8-12(11)17-13/h1-6,8H,(H,16,17). The number of nitrogens with one attached hydrogen (secondary N) is 1. The number of imidazole rings is 1. The molecule has 17 heavy (non-hydrogen) atoms. The van der Waals surface area contributed by atoms with Crippen molar-refractivity contribution in [1.29, 1.82) is 5.26 Å². The zero-order chi connectivity index (χ0) is 11.7. The fourth-order valence-corrected chi connectivity index (χ4v) is 1.70. The average Bonchev–Trinajstić information content (AvgIpc) is 2.82. The van der Waals surface area contributed by atoms with E-state index in [-0.39, 0.29) is 0 Å². The summed E-state index contributed by atoms with van der Waals surface area (Å²) in [6.07, 6.45) is 3.46. The van der Waals surface area contributed by atoms with Crippen LogP contribution < -0.4 is 0 Å². The van der Waals surface area contributed by atoms with Gasteiger partial charge in [-0.25, -0.2) is 4.98 Å². The summed E-state index contributed by atoms with van der Waals surface area (Å²) in [4.78, 5) is 11.7. The Balaban J connectivity index is 2.11. The molecule has 0 atom stereocenters. The maximum absolute atomic E-state index is 8.73. The highest BCUT2D eigenvalue weighted by Gasteiger charge is 2.04. The van der Waals surface area contributed by atoms with Gasteiger partial charge >= 0.3 is 0 Å². The van der Waals surface area contributed by atoms with Crippen molar-refractivity contribution < 1.29 is 0 Å². The summed E-state index contributed by atoms with van der Waals surface area (Å²) >= 11 is 0. The number of H-pyrrole nitrogens is 1. The Hall–Kier alpha value is -2.67. The predicted octanol–water partition coefficient (Wildman–Crippen LogP) is 2.50. The Morgan fingerprint density at radius 1 is 1.12 bits per heavy atom. The van der Waals surface area contributed by atoms with Gasteiger partial charge in [0.25, 0.3) is 0 Å². The fourth-order valence-electron chi connectivity index (χ4n) is 1.70. The van der Waals surface area contributed by atoms with Crippen molar-refractivity contribution in [1.82, 2.24) is 15.0 Å². The number of nitriles is 1. The van der Waals surface area contributed by atoms with Gasteiger partial charge in [0.05, 0.1) is 28.9 Å². The number of hydrogen-bond acceptors (Lipinski definition) is 3. The van der Waals surface area contributed by atoms with Crippen LogP contribution in [0.3, 0.4) is 0 Å². The fraction of sp³-hybridized carbons (Fsp3) is 0. The van der Waals surface area contributed by atoms with Crippen molar-refractivity contribution in [3.63, 3.8) is 0 Å². The predicted molar refractivity (Wildman–Crippen MR) is 64.0 cm³/mol. The van der Waals surface area contributed by atoms with Gasteiger partial charge in [0.1, 0.15) is 5.82 Å². The van der Waals surface area contributed by atoms with Gasteiger partial charge in [-0.2, -0.15) is 5.26 Å². The van der Waals surface area contributed by atoms with Crippen LogP contribution in [0.5, 0.6) is 0 Å². The summed E-state index contributed by atoms with van der Waals surface area (Å²) < 4.78 is 0. The summed E-state index contributed by atoms with van der Waals surface area (Å²) in [5, 5.41) is 8.73. The lowest BCUT2D eigenvalue weighted by atomic mass is 10.1. The first kappa shape index (κ1) is 9.55. The van der Waals surface area contributed by atoms with Crippen molar-refractivity contribution in [2.24, 2.45) is 0 Å². The van der Waals surface area contributed by atoms with E-state index in [9.17, 15) is 0 Å². The summed E-state index contributed by atoms with van der Waals surface area (Å²) in [6.45, 7) is 0. The Labute approximate surface area is 97.6 Å². The molecule has 1 aromatic carbocycles. The first-order chi connectivity index (χ1) is 8.36. The molecule has 80 valence electrons. The molecule has 3 aromatic rings. The van der Waals surface area contributed by atoms with Crippen LogP contribution in [0.4, 0.5) is 0 Å². The number of nitrogens with zero attached hydrogens (tertiary/aromatic N) is 3. The maximum atomic E-state index is 8.73. The van der Waals surface area contributed by atoms with E-state index in [1.807, 2.05) is 18.2 Å². The van der Waals surface area contributed by atoms with Crippen LogP contribution >= 0.6 is 0 Å². The molecule has 0 aliphatic heterocycles. The van der Waals surface area contributed by atoms with Crippen molar-refractivity contribution in [2.75, 3.05) is 0 Å². The van der Waals surface area contributed by atoms with E-state index in [4.69, 9.17) is 5.26 Å². The van der Waals surface area contributed by atoms with E-state index in [0.717, 1.165) is 22.4 Å². The third-order valence-electron chi connectivity index (χ3n) is 2.57. The number of aromatic nitrogens is 3. The maximum Gasteiger partial charge on any atom is 0.138 e. The first-order valence-corrected chi connectivity index (χ1v) is 5.17. The lowest BCUT2D eigenvalue weighted by molar-refractivity contribution is 1.32. The van der Waals surface area contributed by atoms with Gasteiger partial charge in [0, 0.05) is 11.8 Å². The van der Waals surface area contributed by atoms with Gasteiger partial charge in [0.15, 0.2) is 0 Å². The molecular weight excluding hydrogens is 212 g/mol. The van der Waals surface area contributed by atoms with Gasteiger partial charge < -0.3 is 4.98 Å². The number of fused-ring (bicyclic) bond motifs is 1. The van der Waals surface area contributed by atoms with Gasteiger partial charge in [-0.15, -0.1) is 0 Å². The minimum atomic E-state index is 0.645. The third kappa shape index (κ3) is 1.64. The normalized spacial score (nSPS) is 10.3. The Morgan fingerprint density at radius 2 is 1.94 bits per heavy atom. The second-order valence-corrected chi connectivity index (χ2v) is 3.67. The summed E-state index contributed by atoms with van der Waals surface area (Å²) in [7, 11) is 0. The minimum absolute atomic E-state index is 0.645. The molecule has 0 unspecified atom stereocenters. The molecule has 0 saturated carbocycles. The molecule has 3 rings (SSSR count). The molecule has 0 spiro atoms. The number of pyridine rings is 1. The van der Waals surface area contributed by atoms with Crippen molar-refractivity contribution >= 4 is 11.0 Å². The quantitative estimate of drug-likeness (QED) is 0.685. The molecule has 0 aliphatic rings. The topological polar surface area (TPSA) is 65.4 Å². The van der Waals surface area contributed by atoms with Crippen LogP contribution in [-0.2, 0) is 0 Å². The van der Waals surface area contributed by atoms with E-state index in [1.165, 1.54) is 0 Å². The summed E-state index contributed by atoms with van der Waals surface area (Å²) in [5.74, 6) is 0.789. The molecule has 2 heterocycles. The van der Waals surface area contributed by atoms with Crippen LogP contribution in [0.15, 0.2) is 42.7 Å². The largest absolute Gasteiger partial charge is 0.337 e. The molecule has 2 aromatic heterocycles. The van der Waals surface area contributed by atoms with Crippen LogP contribution in [0, 0.1) is 11.3 Å². The average molecular weight is 220 g/mol. The lowest BCUT2D eigenvalue weighted by Crippen LogP contribution is -1.80.